The highest BCUT2D eigenvalue weighted by atomic mass is 16.5. The Hall–Kier alpha value is -0.810. The van der Waals surface area contributed by atoms with E-state index in [1.54, 1.807) is 0 Å². The number of rotatable bonds is 3. The lowest BCUT2D eigenvalue weighted by Crippen LogP contribution is -2.38. The molecule has 1 fully saturated rings. The van der Waals surface area contributed by atoms with Crippen molar-refractivity contribution in [2.45, 2.75) is 12.5 Å². The quantitative estimate of drug-likeness (QED) is 0.260. The maximum atomic E-state index is 8.33. The van der Waals surface area contributed by atoms with Crippen LogP contribution in [0.5, 0.6) is 0 Å². The van der Waals surface area contributed by atoms with Gasteiger partial charge in [-0.25, -0.2) is 0 Å². The number of nitrogens with zero attached hydrogens (tertiary/aromatic N) is 2. The molecule has 5 heteroatoms. The summed E-state index contributed by atoms with van der Waals surface area (Å²) in [6.45, 7) is 2.05. The van der Waals surface area contributed by atoms with E-state index in [9.17, 15) is 0 Å². The van der Waals surface area contributed by atoms with Gasteiger partial charge >= 0.3 is 0 Å². The molecule has 12 heavy (non-hydrogen) atoms. The second-order valence-electron chi connectivity index (χ2n) is 3.02. The van der Waals surface area contributed by atoms with Crippen LogP contribution in [0.3, 0.4) is 0 Å². The minimum absolute atomic E-state index is 0.240. The van der Waals surface area contributed by atoms with Crippen molar-refractivity contribution in [3.63, 3.8) is 0 Å². The lowest BCUT2D eigenvalue weighted by Gasteiger charge is -2.21. The van der Waals surface area contributed by atoms with E-state index in [1.165, 1.54) is 0 Å². The Morgan fingerprint density at radius 2 is 2.58 bits per heavy atom. The summed E-state index contributed by atoms with van der Waals surface area (Å²) >= 11 is 0. The van der Waals surface area contributed by atoms with E-state index in [1.807, 2.05) is 11.9 Å². The summed E-state index contributed by atoms with van der Waals surface area (Å²) < 4.78 is 5.21. The van der Waals surface area contributed by atoms with E-state index in [0.29, 0.717) is 12.6 Å². The molecule has 1 atom stereocenters. The molecule has 1 unspecified atom stereocenters. The molecule has 1 aliphatic rings. The molecule has 0 aliphatic carbocycles. The third-order valence-corrected chi connectivity index (χ3v) is 2.07. The van der Waals surface area contributed by atoms with Crippen LogP contribution in [0.4, 0.5) is 0 Å². The summed E-state index contributed by atoms with van der Waals surface area (Å²) in [6, 6.07) is 0.408. The van der Waals surface area contributed by atoms with Crippen molar-refractivity contribution in [2.24, 2.45) is 10.9 Å². The molecular formula is C7H15N3O2. The molecule has 1 rings (SSSR count). The molecule has 70 valence electrons. The van der Waals surface area contributed by atoms with Crippen LogP contribution in [0, 0.1) is 0 Å². The maximum Gasteiger partial charge on any atom is 0.153 e. The lowest BCUT2D eigenvalue weighted by atomic mass is 10.2. The SMILES string of the molecule is CN(CC(N)=NO)C1CCOC1. The molecule has 0 amide bonds. The third-order valence-electron chi connectivity index (χ3n) is 2.07. The Balaban J connectivity index is 2.31. The first kappa shape index (κ1) is 9.28. The molecule has 3 N–H and O–H groups in total. The van der Waals surface area contributed by atoms with Crippen LogP contribution >= 0.6 is 0 Å². The van der Waals surface area contributed by atoms with Gasteiger partial charge in [0.1, 0.15) is 0 Å². The molecule has 0 aromatic rings. The molecule has 1 heterocycles. The first-order chi connectivity index (χ1) is 5.74. The third kappa shape index (κ3) is 2.35. The van der Waals surface area contributed by atoms with Crippen molar-refractivity contribution in [1.82, 2.24) is 4.90 Å². The first-order valence-corrected chi connectivity index (χ1v) is 3.98. The molecule has 0 saturated carbocycles. The molecule has 1 aliphatic heterocycles. The van der Waals surface area contributed by atoms with Crippen molar-refractivity contribution >= 4 is 5.84 Å². The second-order valence-corrected chi connectivity index (χ2v) is 3.02. The number of oxime groups is 1. The normalized spacial score (nSPS) is 25.2. The number of amidine groups is 1. The molecule has 0 radical (unpaired) electrons. The van der Waals surface area contributed by atoms with Gasteiger partial charge in [-0.15, -0.1) is 0 Å². The van der Waals surface area contributed by atoms with Gasteiger partial charge in [0.2, 0.25) is 0 Å². The minimum atomic E-state index is 0.240. The van der Waals surface area contributed by atoms with Crippen molar-refractivity contribution in [3.8, 4) is 0 Å². The highest BCUT2D eigenvalue weighted by molar-refractivity contribution is 5.81. The van der Waals surface area contributed by atoms with Crippen LogP contribution in [-0.2, 0) is 4.74 Å². The lowest BCUT2D eigenvalue weighted by molar-refractivity contribution is 0.165. The Bertz CT molecular complexity index is 166. The Kier molecular flexibility index (Phi) is 3.31. The summed E-state index contributed by atoms with van der Waals surface area (Å²) in [5.74, 6) is 0.240. The van der Waals surface area contributed by atoms with Gasteiger partial charge in [0, 0.05) is 12.6 Å². The standard InChI is InChI=1S/C7H15N3O2/c1-10(4-7(8)9-11)6-2-3-12-5-6/h6,11H,2-5H2,1H3,(H2,8,9). The second kappa shape index (κ2) is 4.27. The fraction of sp³-hybridized carbons (Fsp3) is 0.857. The number of nitrogens with two attached hydrogens (primary N) is 1. The van der Waals surface area contributed by atoms with Gasteiger partial charge in [-0.2, -0.15) is 0 Å². The van der Waals surface area contributed by atoms with Gasteiger partial charge in [0.05, 0.1) is 13.2 Å². The Morgan fingerprint density at radius 3 is 3.08 bits per heavy atom. The summed E-state index contributed by atoms with van der Waals surface area (Å²) in [4.78, 5) is 2.03. The number of likely N-dealkylation sites (N-methyl/N-ethyl adjacent to an activating group) is 1. The minimum Gasteiger partial charge on any atom is -0.409 e. The molecular weight excluding hydrogens is 158 g/mol. The number of hydrogen-bond acceptors (Lipinski definition) is 4. The first-order valence-electron chi connectivity index (χ1n) is 3.98. The van der Waals surface area contributed by atoms with Crippen LogP contribution in [-0.4, -0.2) is 48.8 Å². The fourth-order valence-corrected chi connectivity index (χ4v) is 1.29. The molecule has 1 saturated heterocycles. The van der Waals surface area contributed by atoms with Crippen molar-refractivity contribution in [1.29, 1.82) is 0 Å². The van der Waals surface area contributed by atoms with Crippen LogP contribution in [0.1, 0.15) is 6.42 Å². The smallest absolute Gasteiger partial charge is 0.153 e. The average Bonchev–Trinajstić information content (AvgIpc) is 2.56. The van der Waals surface area contributed by atoms with Crippen LogP contribution in [0.25, 0.3) is 0 Å². The maximum absolute atomic E-state index is 8.33. The van der Waals surface area contributed by atoms with Gasteiger partial charge in [-0.05, 0) is 13.5 Å². The molecule has 0 bridgehead atoms. The number of hydrogen-bond donors (Lipinski definition) is 2. The van der Waals surface area contributed by atoms with E-state index in [4.69, 9.17) is 15.7 Å². The predicted octanol–water partition coefficient (Wildman–Crippen LogP) is -0.546. The average molecular weight is 173 g/mol. The van der Waals surface area contributed by atoms with E-state index >= 15 is 0 Å². The van der Waals surface area contributed by atoms with E-state index in [2.05, 4.69) is 5.16 Å². The summed E-state index contributed by atoms with van der Waals surface area (Å²) in [5.41, 5.74) is 5.36. The highest BCUT2D eigenvalue weighted by Gasteiger charge is 2.20. The molecule has 0 aromatic carbocycles. The van der Waals surface area contributed by atoms with Gasteiger partial charge in [-0.3, -0.25) is 4.90 Å². The Labute approximate surface area is 71.8 Å². The van der Waals surface area contributed by atoms with E-state index in [0.717, 1.165) is 19.6 Å². The Morgan fingerprint density at radius 1 is 1.83 bits per heavy atom. The van der Waals surface area contributed by atoms with E-state index < -0.39 is 0 Å². The van der Waals surface area contributed by atoms with Crippen molar-refractivity contribution in [2.75, 3.05) is 26.8 Å². The zero-order valence-corrected chi connectivity index (χ0v) is 7.23. The van der Waals surface area contributed by atoms with Gasteiger partial charge in [0.15, 0.2) is 5.84 Å². The zero-order chi connectivity index (χ0) is 8.97. The van der Waals surface area contributed by atoms with Gasteiger partial charge < -0.3 is 15.7 Å². The predicted molar refractivity (Wildman–Crippen MR) is 45.3 cm³/mol. The van der Waals surface area contributed by atoms with Gasteiger partial charge in [0.25, 0.3) is 0 Å². The van der Waals surface area contributed by atoms with Crippen LogP contribution in [0.2, 0.25) is 0 Å². The topological polar surface area (TPSA) is 71.1 Å². The van der Waals surface area contributed by atoms with E-state index in [-0.39, 0.29) is 5.84 Å². The summed E-state index contributed by atoms with van der Waals surface area (Å²) in [6.07, 6.45) is 1.02. The monoisotopic (exact) mass is 173 g/mol. The largest absolute Gasteiger partial charge is 0.409 e. The molecule has 5 nitrogen and oxygen atoms in total. The van der Waals surface area contributed by atoms with Crippen LogP contribution < -0.4 is 5.73 Å². The van der Waals surface area contributed by atoms with Crippen LogP contribution in [0.15, 0.2) is 5.16 Å². The fourth-order valence-electron chi connectivity index (χ4n) is 1.29. The highest BCUT2D eigenvalue weighted by Crippen LogP contribution is 2.09. The summed E-state index contributed by atoms with van der Waals surface area (Å²) in [5, 5.41) is 11.2. The van der Waals surface area contributed by atoms with Crippen molar-refractivity contribution < 1.29 is 9.94 Å². The summed E-state index contributed by atoms with van der Waals surface area (Å²) in [7, 11) is 1.94. The molecule has 0 aromatic heterocycles. The van der Waals surface area contributed by atoms with Gasteiger partial charge in [-0.1, -0.05) is 5.16 Å². The van der Waals surface area contributed by atoms with Crippen molar-refractivity contribution in [3.05, 3.63) is 0 Å². The molecule has 0 spiro atoms. The number of ether oxygens (including phenoxy) is 1. The zero-order valence-electron chi connectivity index (χ0n) is 7.23.